The molecule has 1 aromatic heterocycles. The van der Waals surface area contributed by atoms with Gasteiger partial charge in [0.05, 0.1) is 10.6 Å². The predicted octanol–water partition coefficient (Wildman–Crippen LogP) is 3.79. The zero-order chi connectivity index (χ0) is 13.3. The summed E-state index contributed by atoms with van der Waals surface area (Å²) in [5, 5.41) is 1.32. The highest BCUT2D eigenvalue weighted by Crippen LogP contribution is 2.29. The lowest BCUT2D eigenvalue weighted by Crippen LogP contribution is -2.46. The maximum Gasteiger partial charge on any atom is 0.217 e. The molecule has 0 amide bonds. The number of benzene rings is 1. The largest absolute Gasteiger partial charge is 0.451 e. The van der Waals surface area contributed by atoms with Crippen LogP contribution in [0.5, 0.6) is 0 Å². The van der Waals surface area contributed by atoms with Gasteiger partial charge >= 0.3 is 0 Å². The molecular formula is C14H16ClNO2. The number of furan rings is 1. The highest BCUT2D eigenvalue weighted by Gasteiger charge is 2.33. The molecule has 3 nitrogen and oxygen atoms in total. The van der Waals surface area contributed by atoms with Gasteiger partial charge in [-0.2, -0.15) is 0 Å². The van der Waals surface area contributed by atoms with Gasteiger partial charge in [-0.3, -0.25) is 4.79 Å². The standard InChI is InChI=1S/C14H16ClNO2/c1-3-14(16,4-2)13(17)11-8-9-6-5-7-10(15)12(9)18-11/h5-8H,3-4,16H2,1-2H3. The number of halogens is 1. The topological polar surface area (TPSA) is 56.2 Å². The summed E-state index contributed by atoms with van der Waals surface area (Å²) in [5.41, 5.74) is 5.77. The van der Waals surface area contributed by atoms with Crippen LogP contribution in [0.15, 0.2) is 28.7 Å². The highest BCUT2D eigenvalue weighted by atomic mass is 35.5. The van der Waals surface area contributed by atoms with Crippen molar-refractivity contribution in [1.82, 2.24) is 0 Å². The van der Waals surface area contributed by atoms with Gasteiger partial charge in [-0.05, 0) is 25.0 Å². The van der Waals surface area contributed by atoms with Crippen molar-refractivity contribution in [1.29, 1.82) is 0 Å². The molecule has 0 bridgehead atoms. The fourth-order valence-corrected chi connectivity index (χ4v) is 2.18. The molecule has 0 fully saturated rings. The molecule has 96 valence electrons. The molecule has 1 aromatic carbocycles. The zero-order valence-electron chi connectivity index (χ0n) is 10.5. The van der Waals surface area contributed by atoms with Gasteiger partial charge in [0, 0.05) is 5.39 Å². The first kappa shape index (κ1) is 13.1. The van der Waals surface area contributed by atoms with Gasteiger partial charge in [-0.1, -0.05) is 37.6 Å². The Morgan fingerprint density at radius 3 is 2.61 bits per heavy atom. The Balaban J connectivity index is 2.49. The molecule has 0 saturated heterocycles. The third-order valence-corrected chi connectivity index (χ3v) is 3.73. The van der Waals surface area contributed by atoms with Gasteiger partial charge in [-0.25, -0.2) is 0 Å². The van der Waals surface area contributed by atoms with Crippen LogP contribution in [0.2, 0.25) is 5.02 Å². The first-order chi connectivity index (χ1) is 8.51. The van der Waals surface area contributed by atoms with Crippen LogP contribution < -0.4 is 5.73 Å². The van der Waals surface area contributed by atoms with Crippen LogP contribution in [0.4, 0.5) is 0 Å². The minimum Gasteiger partial charge on any atom is -0.451 e. The molecule has 0 aliphatic heterocycles. The predicted molar refractivity (Wildman–Crippen MR) is 73.1 cm³/mol. The number of rotatable bonds is 4. The fraction of sp³-hybridized carbons (Fsp3) is 0.357. The van der Waals surface area contributed by atoms with E-state index in [9.17, 15) is 4.79 Å². The molecule has 2 rings (SSSR count). The summed E-state index contributed by atoms with van der Waals surface area (Å²) in [4.78, 5) is 12.3. The van der Waals surface area contributed by atoms with E-state index in [1.54, 1.807) is 12.1 Å². The number of nitrogens with two attached hydrogens (primary N) is 1. The Bertz CT molecular complexity index is 584. The molecule has 1 heterocycles. The van der Waals surface area contributed by atoms with Crippen molar-refractivity contribution in [3.63, 3.8) is 0 Å². The van der Waals surface area contributed by atoms with Crippen LogP contribution in [-0.4, -0.2) is 11.3 Å². The molecule has 0 aliphatic rings. The molecule has 18 heavy (non-hydrogen) atoms. The Kier molecular flexibility index (Phi) is 3.46. The second-order valence-electron chi connectivity index (χ2n) is 4.46. The van der Waals surface area contributed by atoms with E-state index in [0.29, 0.717) is 23.4 Å². The summed E-state index contributed by atoms with van der Waals surface area (Å²) >= 11 is 6.02. The SMILES string of the molecule is CCC(N)(CC)C(=O)c1cc2cccc(Cl)c2o1. The Labute approximate surface area is 111 Å². The lowest BCUT2D eigenvalue weighted by atomic mass is 9.88. The van der Waals surface area contributed by atoms with Gasteiger partial charge in [0.25, 0.3) is 0 Å². The number of hydrogen-bond acceptors (Lipinski definition) is 3. The summed E-state index contributed by atoms with van der Waals surface area (Å²) in [5.74, 6) is 0.115. The maximum absolute atomic E-state index is 12.3. The summed E-state index contributed by atoms with van der Waals surface area (Å²) < 4.78 is 5.55. The molecule has 0 unspecified atom stereocenters. The van der Waals surface area contributed by atoms with Crippen molar-refractivity contribution in [3.05, 3.63) is 35.0 Å². The monoisotopic (exact) mass is 265 g/mol. The molecule has 0 saturated carbocycles. The molecule has 0 spiro atoms. The van der Waals surface area contributed by atoms with E-state index < -0.39 is 5.54 Å². The quantitative estimate of drug-likeness (QED) is 0.856. The number of Topliss-reactive ketones (excluding diaryl/α,β-unsaturated/α-hetero) is 1. The molecule has 0 aliphatic carbocycles. The molecule has 0 radical (unpaired) electrons. The minimum atomic E-state index is -0.861. The van der Waals surface area contributed by atoms with E-state index in [4.69, 9.17) is 21.8 Å². The Morgan fingerprint density at radius 1 is 1.39 bits per heavy atom. The lowest BCUT2D eigenvalue weighted by molar-refractivity contribution is 0.0852. The molecular weight excluding hydrogens is 250 g/mol. The van der Waals surface area contributed by atoms with Crippen molar-refractivity contribution in [2.45, 2.75) is 32.2 Å². The first-order valence-corrected chi connectivity index (χ1v) is 6.41. The van der Waals surface area contributed by atoms with E-state index in [1.807, 2.05) is 26.0 Å². The second-order valence-corrected chi connectivity index (χ2v) is 4.87. The van der Waals surface area contributed by atoms with Gasteiger partial charge < -0.3 is 10.2 Å². The van der Waals surface area contributed by atoms with Gasteiger partial charge in [-0.15, -0.1) is 0 Å². The average Bonchev–Trinajstić information content (AvgIpc) is 2.82. The summed E-state index contributed by atoms with van der Waals surface area (Å²) in [6.45, 7) is 3.80. The van der Waals surface area contributed by atoms with E-state index in [-0.39, 0.29) is 11.5 Å². The van der Waals surface area contributed by atoms with Crippen molar-refractivity contribution in [2.24, 2.45) is 5.73 Å². The maximum atomic E-state index is 12.3. The summed E-state index contributed by atoms with van der Waals surface area (Å²) in [7, 11) is 0. The third-order valence-electron chi connectivity index (χ3n) is 3.43. The van der Waals surface area contributed by atoms with Crippen molar-refractivity contribution in [2.75, 3.05) is 0 Å². The molecule has 2 N–H and O–H groups in total. The number of carbonyl (C=O) groups is 1. The fourth-order valence-electron chi connectivity index (χ4n) is 1.96. The van der Waals surface area contributed by atoms with Crippen LogP contribution in [0, 0.1) is 0 Å². The number of para-hydroxylation sites is 1. The molecule has 4 heteroatoms. The van der Waals surface area contributed by atoms with Crippen LogP contribution in [0.25, 0.3) is 11.0 Å². The second kappa shape index (κ2) is 4.75. The van der Waals surface area contributed by atoms with Crippen LogP contribution in [0.3, 0.4) is 0 Å². The normalized spacial score (nSPS) is 12.0. The highest BCUT2D eigenvalue weighted by molar-refractivity contribution is 6.34. The van der Waals surface area contributed by atoms with Crippen molar-refractivity contribution in [3.8, 4) is 0 Å². The van der Waals surface area contributed by atoms with Crippen LogP contribution in [0.1, 0.15) is 37.2 Å². The Hall–Kier alpha value is -1.32. The molecule has 0 atom stereocenters. The zero-order valence-corrected chi connectivity index (χ0v) is 11.3. The van der Waals surface area contributed by atoms with E-state index >= 15 is 0 Å². The smallest absolute Gasteiger partial charge is 0.217 e. The van der Waals surface area contributed by atoms with Crippen molar-refractivity contribution < 1.29 is 9.21 Å². The van der Waals surface area contributed by atoms with E-state index in [0.717, 1.165) is 5.39 Å². The Morgan fingerprint density at radius 2 is 2.06 bits per heavy atom. The van der Waals surface area contributed by atoms with Crippen molar-refractivity contribution >= 4 is 28.4 Å². The summed E-state index contributed by atoms with van der Waals surface area (Å²) in [6.07, 6.45) is 1.15. The van der Waals surface area contributed by atoms with Crippen LogP contribution >= 0.6 is 11.6 Å². The average molecular weight is 266 g/mol. The van der Waals surface area contributed by atoms with Gasteiger partial charge in [0.2, 0.25) is 5.78 Å². The lowest BCUT2D eigenvalue weighted by Gasteiger charge is -2.23. The van der Waals surface area contributed by atoms with Crippen LogP contribution in [-0.2, 0) is 0 Å². The van der Waals surface area contributed by atoms with E-state index in [1.165, 1.54) is 0 Å². The minimum absolute atomic E-state index is 0.167. The number of hydrogen-bond donors (Lipinski definition) is 1. The third kappa shape index (κ3) is 2.04. The first-order valence-electron chi connectivity index (χ1n) is 6.03. The van der Waals surface area contributed by atoms with E-state index in [2.05, 4.69) is 0 Å². The molecule has 2 aromatic rings. The van der Waals surface area contributed by atoms with Gasteiger partial charge in [0.1, 0.15) is 0 Å². The van der Waals surface area contributed by atoms with Gasteiger partial charge in [0.15, 0.2) is 11.3 Å². The number of ketones is 1. The number of fused-ring (bicyclic) bond motifs is 1. The summed E-state index contributed by atoms with van der Waals surface area (Å²) in [6, 6.07) is 7.12. The number of carbonyl (C=O) groups excluding carboxylic acids is 1.